The third-order valence-corrected chi connectivity index (χ3v) is 3.65. The Morgan fingerprint density at radius 2 is 1.95 bits per heavy atom. The summed E-state index contributed by atoms with van der Waals surface area (Å²) in [5, 5.41) is 10.2. The molecule has 0 aliphatic heterocycles. The standard InChI is InChI=1S/C15H10BrClN4O/c16-10-3-6-14(18-8-10)19-15(22)13-7-12(20-21-13)9-1-4-11(17)5-2-9/h1-8H,(H,20,21)(H,18,19,22). The van der Waals surface area contributed by atoms with Gasteiger partial charge in [-0.05, 0) is 46.3 Å². The molecular formula is C15H10BrClN4O. The molecule has 3 rings (SSSR count). The topological polar surface area (TPSA) is 70.7 Å². The number of carbonyl (C=O) groups is 1. The molecule has 0 fully saturated rings. The summed E-state index contributed by atoms with van der Waals surface area (Å²) in [6.45, 7) is 0. The van der Waals surface area contributed by atoms with Crippen LogP contribution in [-0.4, -0.2) is 21.1 Å². The molecule has 1 amide bonds. The number of halogens is 2. The molecule has 2 N–H and O–H groups in total. The molecule has 0 bridgehead atoms. The molecule has 3 aromatic rings. The van der Waals surface area contributed by atoms with E-state index in [0.29, 0.717) is 22.2 Å². The Morgan fingerprint density at radius 3 is 2.64 bits per heavy atom. The normalized spacial score (nSPS) is 10.5. The molecule has 0 saturated heterocycles. The van der Waals surface area contributed by atoms with Crippen molar-refractivity contribution in [3.05, 3.63) is 63.9 Å². The highest BCUT2D eigenvalue weighted by Gasteiger charge is 2.11. The van der Waals surface area contributed by atoms with E-state index in [1.807, 2.05) is 12.1 Å². The van der Waals surface area contributed by atoms with Crippen LogP contribution < -0.4 is 5.32 Å². The highest BCUT2D eigenvalue weighted by Crippen LogP contribution is 2.20. The molecule has 0 aliphatic carbocycles. The SMILES string of the molecule is O=C(Nc1ccc(Br)cn1)c1cc(-c2ccc(Cl)cc2)n[nH]1. The lowest BCUT2D eigenvalue weighted by Gasteiger charge is -2.01. The molecule has 7 heteroatoms. The zero-order valence-electron chi connectivity index (χ0n) is 11.2. The van der Waals surface area contributed by atoms with E-state index in [2.05, 4.69) is 36.4 Å². The van der Waals surface area contributed by atoms with Crippen molar-refractivity contribution >= 4 is 39.3 Å². The number of aromatic amines is 1. The minimum atomic E-state index is -0.303. The average molecular weight is 378 g/mol. The number of amides is 1. The number of pyridine rings is 1. The molecule has 1 aromatic carbocycles. The van der Waals surface area contributed by atoms with E-state index in [1.54, 1.807) is 36.5 Å². The summed E-state index contributed by atoms with van der Waals surface area (Å²) < 4.78 is 0.845. The summed E-state index contributed by atoms with van der Waals surface area (Å²) in [6, 6.07) is 12.4. The Kier molecular flexibility index (Phi) is 4.22. The number of aromatic nitrogens is 3. The minimum absolute atomic E-state index is 0.303. The Morgan fingerprint density at radius 1 is 1.18 bits per heavy atom. The van der Waals surface area contributed by atoms with Crippen molar-refractivity contribution in [3.8, 4) is 11.3 Å². The molecule has 0 unspecified atom stereocenters. The summed E-state index contributed by atoms with van der Waals surface area (Å²) in [6.07, 6.45) is 1.61. The summed E-state index contributed by atoms with van der Waals surface area (Å²) in [5.41, 5.74) is 1.90. The number of nitrogens with one attached hydrogen (secondary N) is 2. The number of carbonyl (C=O) groups excluding carboxylic acids is 1. The van der Waals surface area contributed by atoms with Crippen molar-refractivity contribution in [3.63, 3.8) is 0 Å². The summed E-state index contributed by atoms with van der Waals surface area (Å²) in [4.78, 5) is 16.2. The van der Waals surface area contributed by atoms with Crippen molar-refractivity contribution in [1.82, 2.24) is 15.2 Å². The zero-order valence-corrected chi connectivity index (χ0v) is 13.5. The third kappa shape index (κ3) is 3.35. The Labute approximate surface area is 139 Å². The Bertz CT molecular complexity index is 799. The van der Waals surface area contributed by atoms with Crippen molar-refractivity contribution in [1.29, 1.82) is 0 Å². The van der Waals surface area contributed by atoms with Crippen molar-refractivity contribution < 1.29 is 4.79 Å². The van der Waals surface area contributed by atoms with E-state index in [-0.39, 0.29) is 5.91 Å². The molecule has 0 saturated carbocycles. The van der Waals surface area contributed by atoms with Gasteiger partial charge in [-0.1, -0.05) is 23.7 Å². The second-order valence-corrected chi connectivity index (χ2v) is 5.84. The molecule has 5 nitrogen and oxygen atoms in total. The first kappa shape index (κ1) is 14.7. The molecule has 110 valence electrons. The van der Waals surface area contributed by atoms with Gasteiger partial charge in [-0.15, -0.1) is 0 Å². The summed E-state index contributed by atoms with van der Waals surface area (Å²) in [5.74, 6) is 0.165. The van der Waals surface area contributed by atoms with Gasteiger partial charge in [0.15, 0.2) is 0 Å². The maximum Gasteiger partial charge on any atom is 0.274 e. The Hall–Kier alpha value is -2.18. The molecule has 2 aromatic heterocycles. The van der Waals surface area contributed by atoms with Gasteiger partial charge >= 0.3 is 0 Å². The van der Waals surface area contributed by atoms with Crippen LogP contribution in [0.5, 0.6) is 0 Å². The van der Waals surface area contributed by atoms with Gasteiger partial charge in [0.2, 0.25) is 0 Å². The van der Waals surface area contributed by atoms with E-state index in [1.165, 1.54) is 0 Å². The largest absolute Gasteiger partial charge is 0.305 e. The number of anilines is 1. The van der Waals surface area contributed by atoms with Crippen LogP contribution in [-0.2, 0) is 0 Å². The fourth-order valence-electron chi connectivity index (χ4n) is 1.84. The van der Waals surface area contributed by atoms with E-state index < -0.39 is 0 Å². The van der Waals surface area contributed by atoms with Gasteiger partial charge in [0.1, 0.15) is 11.5 Å². The van der Waals surface area contributed by atoms with E-state index in [9.17, 15) is 4.79 Å². The molecule has 22 heavy (non-hydrogen) atoms. The smallest absolute Gasteiger partial charge is 0.274 e. The molecule has 0 spiro atoms. The van der Waals surface area contributed by atoms with Crippen molar-refractivity contribution in [2.45, 2.75) is 0 Å². The molecule has 0 atom stereocenters. The minimum Gasteiger partial charge on any atom is -0.305 e. The van der Waals surface area contributed by atoms with Gasteiger partial charge in [0.05, 0.1) is 5.69 Å². The maximum absolute atomic E-state index is 12.1. The van der Waals surface area contributed by atoms with Gasteiger partial charge in [-0.25, -0.2) is 4.98 Å². The Balaban J connectivity index is 1.76. The van der Waals surface area contributed by atoms with Gasteiger partial charge in [-0.3, -0.25) is 9.89 Å². The van der Waals surface area contributed by atoms with Gasteiger partial charge in [-0.2, -0.15) is 5.10 Å². The number of H-pyrrole nitrogens is 1. The van der Waals surface area contributed by atoms with Gasteiger partial charge in [0.25, 0.3) is 5.91 Å². The summed E-state index contributed by atoms with van der Waals surface area (Å²) in [7, 11) is 0. The number of rotatable bonds is 3. The fraction of sp³-hybridized carbons (Fsp3) is 0. The molecule has 0 radical (unpaired) electrons. The average Bonchev–Trinajstić information content (AvgIpc) is 3.00. The van der Waals surface area contributed by atoms with Crippen LogP contribution in [0.2, 0.25) is 5.02 Å². The first-order valence-electron chi connectivity index (χ1n) is 6.36. The molecular weight excluding hydrogens is 368 g/mol. The second kappa shape index (κ2) is 6.29. The maximum atomic E-state index is 12.1. The predicted octanol–water partition coefficient (Wildman–Crippen LogP) is 4.14. The zero-order chi connectivity index (χ0) is 15.5. The number of benzene rings is 1. The van der Waals surface area contributed by atoms with Gasteiger partial charge < -0.3 is 5.32 Å². The highest BCUT2D eigenvalue weighted by molar-refractivity contribution is 9.10. The monoisotopic (exact) mass is 376 g/mol. The van der Waals surface area contributed by atoms with Crippen LogP contribution >= 0.6 is 27.5 Å². The van der Waals surface area contributed by atoms with Crippen molar-refractivity contribution in [2.75, 3.05) is 5.32 Å². The van der Waals surface area contributed by atoms with Crippen LogP contribution in [0.15, 0.2) is 53.1 Å². The third-order valence-electron chi connectivity index (χ3n) is 2.93. The van der Waals surface area contributed by atoms with E-state index >= 15 is 0 Å². The first-order valence-corrected chi connectivity index (χ1v) is 7.53. The highest BCUT2D eigenvalue weighted by atomic mass is 79.9. The first-order chi connectivity index (χ1) is 10.6. The van der Waals surface area contributed by atoms with Crippen LogP contribution in [0.4, 0.5) is 5.82 Å². The predicted molar refractivity (Wildman–Crippen MR) is 88.9 cm³/mol. The van der Waals surface area contributed by atoms with Gasteiger partial charge in [0, 0.05) is 21.3 Å². The van der Waals surface area contributed by atoms with Crippen LogP contribution in [0.25, 0.3) is 11.3 Å². The van der Waals surface area contributed by atoms with Crippen LogP contribution in [0, 0.1) is 0 Å². The van der Waals surface area contributed by atoms with E-state index in [0.717, 1.165) is 10.0 Å². The van der Waals surface area contributed by atoms with Crippen LogP contribution in [0.3, 0.4) is 0 Å². The molecule has 2 heterocycles. The van der Waals surface area contributed by atoms with Crippen molar-refractivity contribution in [2.24, 2.45) is 0 Å². The summed E-state index contributed by atoms with van der Waals surface area (Å²) >= 11 is 9.14. The fourth-order valence-corrected chi connectivity index (χ4v) is 2.20. The molecule has 0 aliphatic rings. The lowest BCUT2D eigenvalue weighted by molar-refractivity contribution is 0.102. The lowest BCUT2D eigenvalue weighted by Crippen LogP contribution is -2.13. The van der Waals surface area contributed by atoms with Crippen LogP contribution in [0.1, 0.15) is 10.5 Å². The number of hydrogen-bond donors (Lipinski definition) is 2. The number of nitrogens with zero attached hydrogens (tertiary/aromatic N) is 2. The lowest BCUT2D eigenvalue weighted by atomic mass is 10.1. The second-order valence-electron chi connectivity index (χ2n) is 4.49. The van der Waals surface area contributed by atoms with E-state index in [4.69, 9.17) is 11.6 Å². The quantitative estimate of drug-likeness (QED) is 0.720. The number of hydrogen-bond acceptors (Lipinski definition) is 3.